The molecule has 0 radical (unpaired) electrons. The normalized spacial score (nSPS) is 17.3. The molecule has 1 saturated carbocycles. The summed E-state index contributed by atoms with van der Waals surface area (Å²) in [6, 6.07) is 3.52. The maximum absolute atomic E-state index is 12.9. The quantitative estimate of drug-likeness (QED) is 0.686. The molecule has 0 spiro atoms. The maximum atomic E-state index is 12.9. The van der Waals surface area contributed by atoms with Crippen molar-refractivity contribution in [3.63, 3.8) is 0 Å². The van der Waals surface area contributed by atoms with Crippen LogP contribution in [-0.2, 0) is 19.5 Å². The Morgan fingerprint density at radius 1 is 1.33 bits per heavy atom. The summed E-state index contributed by atoms with van der Waals surface area (Å²) in [5, 5.41) is 1.13. The molecule has 2 aromatic heterocycles. The van der Waals surface area contributed by atoms with Gasteiger partial charge in [-0.3, -0.25) is 9.69 Å². The van der Waals surface area contributed by atoms with Crippen molar-refractivity contribution in [2.75, 3.05) is 6.54 Å². The highest BCUT2D eigenvalue weighted by molar-refractivity contribution is 6.32. The number of hydrogen-bond acceptors (Lipinski definition) is 5. The van der Waals surface area contributed by atoms with E-state index >= 15 is 0 Å². The van der Waals surface area contributed by atoms with Crippen molar-refractivity contribution in [1.82, 2.24) is 14.9 Å². The van der Waals surface area contributed by atoms with Gasteiger partial charge in [0.05, 0.1) is 11.6 Å². The molecule has 5 rings (SSSR count). The second kappa shape index (κ2) is 6.43. The molecule has 2 aliphatic rings. The first-order chi connectivity index (χ1) is 13.1. The summed E-state index contributed by atoms with van der Waals surface area (Å²) < 4.78 is 5.71. The molecule has 138 valence electrons. The van der Waals surface area contributed by atoms with Crippen molar-refractivity contribution in [2.24, 2.45) is 0 Å². The van der Waals surface area contributed by atoms with Gasteiger partial charge in [-0.05, 0) is 37.5 Å². The van der Waals surface area contributed by atoms with Crippen LogP contribution in [0.25, 0.3) is 11.0 Å². The molecule has 27 heavy (non-hydrogen) atoms. The van der Waals surface area contributed by atoms with Gasteiger partial charge in [0.25, 0.3) is 0 Å². The van der Waals surface area contributed by atoms with Crippen LogP contribution >= 0.6 is 11.6 Å². The molecular weight excluding hydrogens is 362 g/mol. The zero-order valence-electron chi connectivity index (χ0n) is 15.2. The fraction of sp³-hybridized carbons (Fsp3) is 0.381. The molecule has 1 fully saturated rings. The number of rotatable bonds is 3. The third-order valence-electron chi connectivity index (χ3n) is 5.49. The van der Waals surface area contributed by atoms with Crippen molar-refractivity contribution in [2.45, 2.75) is 45.2 Å². The van der Waals surface area contributed by atoms with Crippen molar-refractivity contribution >= 4 is 22.6 Å². The number of benzene rings is 1. The highest BCUT2D eigenvalue weighted by atomic mass is 35.5. The average Bonchev–Trinajstić information content (AvgIpc) is 3.51. The fourth-order valence-corrected chi connectivity index (χ4v) is 3.87. The van der Waals surface area contributed by atoms with Gasteiger partial charge in [-0.15, -0.1) is 0 Å². The van der Waals surface area contributed by atoms with Gasteiger partial charge < -0.3 is 4.42 Å². The SMILES string of the molecule is Cc1cc2occ(CN3CCc4nc(C5CC5)ncc4C3)c(=O)c2cc1Cl. The number of hydrogen-bond donors (Lipinski definition) is 0. The Hall–Kier alpha value is -2.24. The Morgan fingerprint density at radius 3 is 3.00 bits per heavy atom. The summed E-state index contributed by atoms with van der Waals surface area (Å²) in [5.74, 6) is 1.58. The lowest BCUT2D eigenvalue weighted by Gasteiger charge is -2.27. The molecular formula is C21H20ClN3O2. The van der Waals surface area contributed by atoms with Crippen LogP contribution in [0.3, 0.4) is 0 Å². The predicted octanol–water partition coefficient (Wildman–Crippen LogP) is 3.98. The summed E-state index contributed by atoms with van der Waals surface area (Å²) in [5.41, 5.74) is 4.45. The first kappa shape index (κ1) is 16.9. The van der Waals surface area contributed by atoms with Crippen LogP contribution in [0.5, 0.6) is 0 Å². The smallest absolute Gasteiger partial charge is 0.197 e. The van der Waals surface area contributed by atoms with Gasteiger partial charge in [-0.2, -0.15) is 0 Å². The minimum absolute atomic E-state index is 0.00993. The van der Waals surface area contributed by atoms with Crippen molar-refractivity contribution in [3.8, 4) is 0 Å². The van der Waals surface area contributed by atoms with Crippen molar-refractivity contribution < 1.29 is 4.42 Å². The Labute approximate surface area is 162 Å². The Balaban J connectivity index is 1.40. The predicted molar refractivity (Wildman–Crippen MR) is 104 cm³/mol. The molecule has 0 N–H and O–H groups in total. The van der Waals surface area contributed by atoms with E-state index in [2.05, 4.69) is 9.88 Å². The maximum Gasteiger partial charge on any atom is 0.197 e. The van der Waals surface area contributed by atoms with Gasteiger partial charge >= 0.3 is 0 Å². The largest absolute Gasteiger partial charge is 0.464 e. The van der Waals surface area contributed by atoms with Crippen LogP contribution < -0.4 is 5.43 Å². The van der Waals surface area contributed by atoms with Gasteiger partial charge in [0.15, 0.2) is 5.43 Å². The standard InChI is InChI=1S/C21H20ClN3O2/c1-12-6-19-16(7-17(12)22)20(26)15(11-27-19)10-25-5-4-18-14(9-25)8-23-21(24-18)13-2-3-13/h6-8,11,13H,2-5,9-10H2,1H3. The number of aromatic nitrogens is 2. The van der Waals surface area contributed by atoms with E-state index in [0.29, 0.717) is 34.0 Å². The fourth-order valence-electron chi connectivity index (χ4n) is 3.70. The van der Waals surface area contributed by atoms with Crippen molar-refractivity contribution in [3.05, 3.63) is 68.0 Å². The topological polar surface area (TPSA) is 59.2 Å². The third kappa shape index (κ3) is 3.15. The van der Waals surface area contributed by atoms with Gasteiger partial charge in [-0.1, -0.05) is 11.6 Å². The molecule has 1 aliphatic carbocycles. The Morgan fingerprint density at radius 2 is 2.19 bits per heavy atom. The molecule has 1 aliphatic heterocycles. The van der Waals surface area contributed by atoms with Gasteiger partial charge in [0.1, 0.15) is 11.4 Å². The first-order valence-electron chi connectivity index (χ1n) is 9.36. The van der Waals surface area contributed by atoms with E-state index in [9.17, 15) is 4.79 Å². The Kier molecular flexibility index (Phi) is 4.02. The number of halogens is 1. The number of fused-ring (bicyclic) bond motifs is 2. The summed E-state index contributed by atoms with van der Waals surface area (Å²) in [6.45, 7) is 4.08. The van der Waals surface area contributed by atoms with E-state index in [1.165, 1.54) is 12.8 Å². The molecule has 5 nitrogen and oxygen atoms in total. The third-order valence-corrected chi connectivity index (χ3v) is 5.90. The summed E-state index contributed by atoms with van der Waals surface area (Å²) in [7, 11) is 0. The molecule has 3 aromatic rings. The molecule has 6 heteroatoms. The van der Waals surface area contributed by atoms with Gasteiger partial charge in [0.2, 0.25) is 0 Å². The summed E-state index contributed by atoms with van der Waals surface area (Å²) >= 11 is 6.19. The monoisotopic (exact) mass is 381 g/mol. The van der Waals surface area contributed by atoms with Crippen molar-refractivity contribution in [1.29, 1.82) is 0 Å². The second-order valence-corrected chi connectivity index (χ2v) is 8.03. The highest BCUT2D eigenvalue weighted by Crippen LogP contribution is 2.38. The summed E-state index contributed by atoms with van der Waals surface area (Å²) in [6.07, 6.45) is 6.87. The van der Waals surface area contributed by atoms with Crippen LogP contribution in [0.1, 0.15) is 47.0 Å². The second-order valence-electron chi connectivity index (χ2n) is 7.62. The zero-order chi connectivity index (χ0) is 18.5. The lowest BCUT2D eigenvalue weighted by Crippen LogP contribution is -2.32. The van der Waals surface area contributed by atoms with E-state index < -0.39 is 0 Å². The van der Waals surface area contributed by atoms with E-state index in [1.54, 1.807) is 12.3 Å². The number of nitrogens with zero attached hydrogens (tertiary/aromatic N) is 3. The highest BCUT2D eigenvalue weighted by Gasteiger charge is 2.28. The molecule has 0 saturated heterocycles. The van der Waals surface area contributed by atoms with Crippen LogP contribution in [0.15, 0.2) is 33.8 Å². The molecule has 0 atom stereocenters. The molecule has 1 aromatic carbocycles. The molecule has 0 amide bonds. The first-order valence-corrected chi connectivity index (χ1v) is 9.74. The molecule has 0 bridgehead atoms. The van der Waals surface area contributed by atoms with E-state index in [4.69, 9.17) is 21.0 Å². The minimum Gasteiger partial charge on any atom is -0.464 e. The van der Waals surface area contributed by atoms with E-state index in [-0.39, 0.29) is 5.43 Å². The van der Waals surface area contributed by atoms with Crippen LogP contribution in [0.2, 0.25) is 5.02 Å². The number of aryl methyl sites for hydroxylation is 1. The van der Waals surface area contributed by atoms with E-state index in [0.717, 1.165) is 42.2 Å². The lowest BCUT2D eigenvalue weighted by molar-refractivity contribution is 0.240. The van der Waals surface area contributed by atoms with E-state index in [1.807, 2.05) is 19.2 Å². The molecule has 3 heterocycles. The van der Waals surface area contributed by atoms with Gasteiger partial charge in [0, 0.05) is 60.0 Å². The summed E-state index contributed by atoms with van der Waals surface area (Å²) in [4.78, 5) is 24.4. The van der Waals surface area contributed by atoms with Gasteiger partial charge in [-0.25, -0.2) is 9.97 Å². The minimum atomic E-state index is -0.00993. The van der Waals surface area contributed by atoms with Crippen LogP contribution in [0, 0.1) is 6.92 Å². The average molecular weight is 382 g/mol. The van der Waals surface area contributed by atoms with Crippen LogP contribution in [-0.4, -0.2) is 21.4 Å². The zero-order valence-corrected chi connectivity index (χ0v) is 15.9. The molecule has 0 unspecified atom stereocenters. The lowest BCUT2D eigenvalue weighted by atomic mass is 10.1. The Bertz CT molecular complexity index is 1100. The van der Waals surface area contributed by atoms with Crippen LogP contribution in [0.4, 0.5) is 0 Å².